The Morgan fingerprint density at radius 3 is 2.67 bits per heavy atom. The molecule has 1 rings (SSSR count). The summed E-state index contributed by atoms with van der Waals surface area (Å²) >= 11 is 2.96. The number of esters is 1. The van der Waals surface area contributed by atoms with E-state index in [2.05, 4.69) is 15.9 Å². The second-order valence-electron chi connectivity index (χ2n) is 2.79. The van der Waals surface area contributed by atoms with Crippen molar-refractivity contribution in [2.45, 2.75) is 6.92 Å². The highest BCUT2D eigenvalue weighted by molar-refractivity contribution is 9.09. The largest absolute Gasteiger partial charge is 0.426 e. The van der Waals surface area contributed by atoms with Gasteiger partial charge in [0, 0.05) is 6.92 Å². The van der Waals surface area contributed by atoms with E-state index >= 15 is 0 Å². The summed E-state index contributed by atoms with van der Waals surface area (Å²) in [7, 11) is 0. The van der Waals surface area contributed by atoms with E-state index < -0.39 is 11.8 Å². The van der Waals surface area contributed by atoms with Gasteiger partial charge in [0.1, 0.15) is 11.6 Å². The Hall–Kier alpha value is -1.23. The van der Waals surface area contributed by atoms with Crippen LogP contribution < -0.4 is 4.74 Å². The van der Waals surface area contributed by atoms with Crippen LogP contribution in [0.3, 0.4) is 0 Å². The molecular weight excluding hydrogens is 267 g/mol. The normalized spacial score (nSPS) is 9.80. The Balaban J connectivity index is 3.14. The Labute approximate surface area is 94.4 Å². The zero-order chi connectivity index (χ0) is 11.4. The lowest BCUT2D eigenvalue weighted by Crippen LogP contribution is -2.08. The number of ether oxygens (including phenoxy) is 1. The smallest absolute Gasteiger partial charge is 0.308 e. The van der Waals surface area contributed by atoms with Crippen molar-refractivity contribution in [1.82, 2.24) is 0 Å². The molecule has 3 nitrogen and oxygen atoms in total. The SMILES string of the molecule is CC(=O)Oc1ccc(F)cc1C(=O)CBr. The van der Waals surface area contributed by atoms with Crippen molar-refractivity contribution in [3.05, 3.63) is 29.6 Å². The quantitative estimate of drug-likeness (QED) is 0.368. The number of Topliss-reactive ketones (excluding diaryl/α,β-unsaturated/α-hetero) is 1. The molecule has 0 N–H and O–H groups in total. The number of alkyl halides is 1. The minimum absolute atomic E-state index is 0.0463. The number of ketones is 1. The Kier molecular flexibility index (Phi) is 3.96. The van der Waals surface area contributed by atoms with Crippen LogP contribution in [-0.4, -0.2) is 17.1 Å². The molecule has 0 radical (unpaired) electrons. The molecule has 0 fully saturated rings. The summed E-state index contributed by atoms with van der Waals surface area (Å²) in [6.45, 7) is 1.21. The lowest BCUT2D eigenvalue weighted by molar-refractivity contribution is -0.131. The van der Waals surface area contributed by atoms with Gasteiger partial charge in [-0.2, -0.15) is 0 Å². The van der Waals surface area contributed by atoms with Crippen LogP contribution in [0.4, 0.5) is 4.39 Å². The fourth-order valence-corrected chi connectivity index (χ4v) is 1.34. The highest BCUT2D eigenvalue weighted by Gasteiger charge is 2.13. The molecule has 5 heteroatoms. The van der Waals surface area contributed by atoms with E-state index in [0.717, 1.165) is 12.1 Å². The average Bonchev–Trinajstić information content (AvgIpc) is 2.19. The first-order chi connectivity index (χ1) is 7.04. The van der Waals surface area contributed by atoms with Gasteiger partial charge >= 0.3 is 5.97 Å². The molecule has 0 heterocycles. The number of rotatable bonds is 3. The molecule has 0 aliphatic rings. The van der Waals surface area contributed by atoms with Gasteiger partial charge in [0.15, 0.2) is 5.78 Å². The lowest BCUT2D eigenvalue weighted by Gasteiger charge is -2.06. The summed E-state index contributed by atoms with van der Waals surface area (Å²) in [5.74, 6) is -1.36. The predicted octanol–water partition coefficient (Wildman–Crippen LogP) is 2.33. The van der Waals surface area contributed by atoms with Crippen LogP contribution in [0, 0.1) is 5.82 Å². The van der Waals surface area contributed by atoms with Crippen LogP contribution in [0.5, 0.6) is 5.75 Å². The van der Waals surface area contributed by atoms with Crippen LogP contribution in [0.15, 0.2) is 18.2 Å². The average molecular weight is 275 g/mol. The van der Waals surface area contributed by atoms with Gasteiger partial charge in [-0.05, 0) is 18.2 Å². The zero-order valence-electron chi connectivity index (χ0n) is 7.92. The highest BCUT2D eigenvalue weighted by Crippen LogP contribution is 2.21. The first kappa shape index (κ1) is 11.8. The molecule has 0 aliphatic heterocycles. The van der Waals surface area contributed by atoms with Crippen LogP contribution in [0.2, 0.25) is 0 Å². The van der Waals surface area contributed by atoms with Gasteiger partial charge in [0.2, 0.25) is 0 Å². The van der Waals surface area contributed by atoms with E-state index in [-0.39, 0.29) is 22.4 Å². The van der Waals surface area contributed by atoms with Gasteiger partial charge in [-0.3, -0.25) is 9.59 Å². The van der Waals surface area contributed by atoms with Crippen LogP contribution in [-0.2, 0) is 4.79 Å². The number of hydrogen-bond acceptors (Lipinski definition) is 3. The number of benzene rings is 1. The van der Waals surface area contributed by atoms with Gasteiger partial charge in [0.05, 0.1) is 10.9 Å². The Bertz CT molecular complexity index is 404. The van der Waals surface area contributed by atoms with Crippen LogP contribution in [0.1, 0.15) is 17.3 Å². The molecule has 0 aromatic heterocycles. The molecule has 0 atom stereocenters. The van der Waals surface area contributed by atoms with Crippen LogP contribution >= 0.6 is 15.9 Å². The monoisotopic (exact) mass is 274 g/mol. The number of hydrogen-bond donors (Lipinski definition) is 0. The Morgan fingerprint density at radius 2 is 2.13 bits per heavy atom. The molecular formula is C10H8BrFO3. The molecule has 1 aromatic rings. The van der Waals surface area contributed by atoms with Crippen molar-refractivity contribution in [2.75, 3.05) is 5.33 Å². The highest BCUT2D eigenvalue weighted by atomic mass is 79.9. The summed E-state index contributed by atoms with van der Waals surface area (Å²) in [4.78, 5) is 22.1. The van der Waals surface area contributed by atoms with Crippen molar-refractivity contribution >= 4 is 27.7 Å². The van der Waals surface area contributed by atoms with Crippen molar-refractivity contribution in [3.8, 4) is 5.75 Å². The second kappa shape index (κ2) is 5.02. The van der Waals surface area contributed by atoms with Crippen molar-refractivity contribution < 1.29 is 18.7 Å². The van der Waals surface area contributed by atoms with Crippen LogP contribution in [0.25, 0.3) is 0 Å². The molecule has 0 unspecified atom stereocenters. The number of halogens is 2. The van der Waals surface area contributed by atoms with E-state index in [4.69, 9.17) is 4.74 Å². The number of carbonyl (C=O) groups excluding carboxylic acids is 2. The van der Waals surface area contributed by atoms with E-state index in [1.54, 1.807) is 0 Å². The fourth-order valence-electron chi connectivity index (χ4n) is 1.04. The van der Waals surface area contributed by atoms with E-state index in [0.29, 0.717) is 0 Å². The first-order valence-electron chi connectivity index (χ1n) is 4.11. The van der Waals surface area contributed by atoms with Gasteiger partial charge in [0.25, 0.3) is 0 Å². The maximum absolute atomic E-state index is 12.9. The maximum Gasteiger partial charge on any atom is 0.308 e. The Morgan fingerprint density at radius 1 is 1.47 bits per heavy atom. The number of carbonyl (C=O) groups is 2. The molecule has 15 heavy (non-hydrogen) atoms. The summed E-state index contributed by atoms with van der Waals surface area (Å²) in [5.41, 5.74) is 0.0575. The second-order valence-corrected chi connectivity index (χ2v) is 3.35. The third-order valence-corrected chi connectivity index (χ3v) is 2.13. The topological polar surface area (TPSA) is 43.4 Å². The zero-order valence-corrected chi connectivity index (χ0v) is 9.51. The minimum atomic E-state index is -0.551. The molecule has 1 aromatic carbocycles. The summed E-state index contributed by atoms with van der Waals surface area (Å²) in [6, 6.07) is 3.43. The van der Waals surface area contributed by atoms with Crippen molar-refractivity contribution in [1.29, 1.82) is 0 Å². The molecule has 80 valence electrons. The fraction of sp³-hybridized carbons (Fsp3) is 0.200. The molecule has 0 aliphatic carbocycles. The lowest BCUT2D eigenvalue weighted by atomic mass is 10.1. The first-order valence-corrected chi connectivity index (χ1v) is 5.24. The predicted molar refractivity (Wildman–Crippen MR) is 55.8 cm³/mol. The molecule has 0 amide bonds. The van der Waals surface area contributed by atoms with E-state index in [9.17, 15) is 14.0 Å². The molecule has 0 spiro atoms. The summed E-state index contributed by atoms with van der Waals surface area (Å²) < 4.78 is 17.6. The standard InChI is InChI=1S/C10H8BrFO3/c1-6(13)15-10-3-2-7(12)4-8(10)9(14)5-11/h2-4H,5H2,1H3. The van der Waals surface area contributed by atoms with E-state index in [1.165, 1.54) is 13.0 Å². The summed E-state index contributed by atoms with van der Waals surface area (Å²) in [6.07, 6.45) is 0. The maximum atomic E-state index is 12.9. The van der Waals surface area contributed by atoms with Gasteiger partial charge < -0.3 is 4.74 Å². The molecule has 0 bridgehead atoms. The molecule has 0 saturated heterocycles. The summed E-state index contributed by atoms with van der Waals surface area (Å²) in [5, 5.41) is 0.0463. The molecule has 0 saturated carbocycles. The van der Waals surface area contributed by atoms with Gasteiger partial charge in [-0.25, -0.2) is 4.39 Å². The van der Waals surface area contributed by atoms with Gasteiger partial charge in [-0.15, -0.1) is 0 Å². The van der Waals surface area contributed by atoms with E-state index in [1.807, 2.05) is 0 Å². The minimum Gasteiger partial charge on any atom is -0.426 e. The third-order valence-electron chi connectivity index (χ3n) is 1.62. The van der Waals surface area contributed by atoms with Gasteiger partial charge in [-0.1, -0.05) is 15.9 Å². The van der Waals surface area contributed by atoms with Crippen molar-refractivity contribution in [3.63, 3.8) is 0 Å². The third kappa shape index (κ3) is 3.13. The van der Waals surface area contributed by atoms with Crippen molar-refractivity contribution in [2.24, 2.45) is 0 Å².